The van der Waals surface area contributed by atoms with Gasteiger partial charge in [0.05, 0.1) is 21.5 Å². The zero-order valence-electron chi connectivity index (χ0n) is 21.5. The molecule has 0 amide bonds. The minimum atomic E-state index is -3.80. The molecule has 0 aliphatic carbocycles. The first-order valence-corrected chi connectivity index (χ1v) is 14.5. The monoisotopic (exact) mass is 563 g/mol. The molecule has 0 saturated heterocycles. The van der Waals surface area contributed by atoms with Gasteiger partial charge in [-0.25, -0.2) is 13.2 Å². The number of aliphatic hydroxyl groups excluding tert-OH is 1. The van der Waals surface area contributed by atoms with E-state index in [4.69, 9.17) is 11.6 Å². The van der Waals surface area contributed by atoms with Gasteiger partial charge in [0.1, 0.15) is 0 Å². The molecule has 0 fully saturated rings. The lowest BCUT2D eigenvalue weighted by atomic mass is 9.97. The molecule has 8 heteroatoms. The maximum atomic E-state index is 13.6. The van der Waals surface area contributed by atoms with Crippen molar-refractivity contribution < 1.29 is 23.4 Å². The Balaban J connectivity index is 1.47. The molecule has 0 saturated carbocycles. The summed E-state index contributed by atoms with van der Waals surface area (Å²) >= 11 is 5.99. The number of carboxylic acid groups (broad SMARTS) is 1. The number of carboxylic acids is 1. The molecule has 3 N–H and O–H groups in total. The van der Waals surface area contributed by atoms with Crippen molar-refractivity contribution in [1.29, 1.82) is 0 Å². The van der Waals surface area contributed by atoms with E-state index in [1.54, 1.807) is 72.8 Å². The van der Waals surface area contributed by atoms with Crippen LogP contribution < -0.4 is 5.32 Å². The summed E-state index contributed by atoms with van der Waals surface area (Å²) < 4.78 is 27.3. The molecule has 0 spiro atoms. The number of aliphatic hydroxyl groups is 1. The first-order chi connectivity index (χ1) is 18.7. The average molecular weight is 564 g/mol. The maximum Gasteiger partial charge on any atom is 0.335 e. The lowest BCUT2D eigenvalue weighted by Crippen LogP contribution is -2.23. The molecule has 0 aliphatic heterocycles. The van der Waals surface area contributed by atoms with Gasteiger partial charge in [-0.05, 0) is 89.7 Å². The number of hydrogen-bond acceptors (Lipinski definition) is 5. The van der Waals surface area contributed by atoms with Crippen LogP contribution in [-0.4, -0.2) is 37.7 Å². The second-order valence-electron chi connectivity index (χ2n) is 9.19. The molecule has 202 valence electrons. The van der Waals surface area contributed by atoms with Crippen LogP contribution in [0.25, 0.3) is 11.1 Å². The minimum absolute atomic E-state index is 0.145. The van der Waals surface area contributed by atoms with Crippen molar-refractivity contribution in [3.8, 4) is 11.1 Å². The molecule has 6 nitrogen and oxygen atoms in total. The number of nitrogens with one attached hydrogen (secondary N) is 1. The molecule has 0 unspecified atom stereocenters. The van der Waals surface area contributed by atoms with Crippen LogP contribution in [-0.2, 0) is 22.7 Å². The lowest BCUT2D eigenvalue weighted by molar-refractivity contribution is 0.0697. The summed E-state index contributed by atoms with van der Waals surface area (Å²) in [6.45, 7) is 2.87. The molecule has 4 aromatic rings. The highest BCUT2D eigenvalue weighted by atomic mass is 35.5. The fourth-order valence-electron chi connectivity index (χ4n) is 4.54. The smallest absolute Gasteiger partial charge is 0.335 e. The van der Waals surface area contributed by atoms with Crippen LogP contribution >= 0.6 is 11.6 Å². The van der Waals surface area contributed by atoms with Gasteiger partial charge in [0.15, 0.2) is 0 Å². The van der Waals surface area contributed by atoms with E-state index >= 15 is 0 Å². The van der Waals surface area contributed by atoms with Gasteiger partial charge in [0, 0.05) is 11.6 Å². The fourth-order valence-corrected chi connectivity index (χ4v) is 6.32. The maximum absolute atomic E-state index is 13.6. The van der Waals surface area contributed by atoms with E-state index < -0.39 is 21.9 Å². The number of halogens is 1. The third-order valence-corrected chi connectivity index (χ3v) is 8.68. The summed E-state index contributed by atoms with van der Waals surface area (Å²) in [5, 5.41) is 23.5. The summed E-state index contributed by atoms with van der Waals surface area (Å²) in [7, 11) is -3.80. The molecule has 0 bridgehead atoms. The van der Waals surface area contributed by atoms with Crippen LogP contribution in [0, 0.1) is 0 Å². The molecule has 1 atom stereocenters. The highest BCUT2D eigenvalue weighted by Gasteiger charge is 2.23. The summed E-state index contributed by atoms with van der Waals surface area (Å²) in [6, 6.07) is 25.6. The first kappa shape index (κ1) is 28.5. The van der Waals surface area contributed by atoms with Gasteiger partial charge in [-0.1, -0.05) is 67.1 Å². The Hall–Kier alpha value is -3.49. The third kappa shape index (κ3) is 6.75. The van der Waals surface area contributed by atoms with Crippen molar-refractivity contribution in [2.24, 2.45) is 0 Å². The zero-order chi connectivity index (χ0) is 28.0. The Morgan fingerprint density at radius 3 is 2.36 bits per heavy atom. The van der Waals surface area contributed by atoms with Gasteiger partial charge in [0.2, 0.25) is 9.84 Å². The quantitative estimate of drug-likeness (QED) is 0.194. The second kappa shape index (κ2) is 12.6. The van der Waals surface area contributed by atoms with Crippen LogP contribution in [0.4, 0.5) is 0 Å². The highest BCUT2D eigenvalue weighted by Crippen LogP contribution is 2.33. The van der Waals surface area contributed by atoms with Crippen molar-refractivity contribution in [3.63, 3.8) is 0 Å². The SMILES string of the molecule is CCc1c(-c2cccc(C(=O)O)c2)cccc1S(=O)(=O)c1ccc(CCNC[C@H](O)c2cccc(Cl)c2)cc1. The van der Waals surface area contributed by atoms with Crippen LogP contribution in [0.3, 0.4) is 0 Å². The van der Waals surface area contributed by atoms with Crippen LogP contribution in [0.2, 0.25) is 5.02 Å². The predicted molar refractivity (Wildman–Crippen MR) is 153 cm³/mol. The van der Waals surface area contributed by atoms with E-state index in [2.05, 4.69) is 5.32 Å². The molecule has 0 aliphatic rings. The van der Waals surface area contributed by atoms with E-state index in [0.29, 0.717) is 47.6 Å². The predicted octanol–water partition coefficient (Wildman–Crippen LogP) is 5.97. The number of benzene rings is 4. The van der Waals surface area contributed by atoms with Gasteiger partial charge < -0.3 is 15.5 Å². The van der Waals surface area contributed by atoms with Crippen molar-refractivity contribution in [2.75, 3.05) is 13.1 Å². The Morgan fingerprint density at radius 2 is 1.67 bits per heavy atom. The molecule has 4 rings (SSSR count). The van der Waals surface area contributed by atoms with E-state index in [9.17, 15) is 23.4 Å². The Morgan fingerprint density at radius 1 is 0.949 bits per heavy atom. The van der Waals surface area contributed by atoms with E-state index in [0.717, 1.165) is 11.1 Å². The second-order valence-corrected chi connectivity index (χ2v) is 11.5. The van der Waals surface area contributed by atoms with Crippen LogP contribution in [0.15, 0.2) is 101 Å². The number of hydrogen-bond donors (Lipinski definition) is 3. The van der Waals surface area contributed by atoms with Crippen molar-refractivity contribution in [3.05, 3.63) is 118 Å². The Bertz CT molecular complexity index is 1570. The molecule has 0 aromatic heterocycles. The topological polar surface area (TPSA) is 104 Å². The molecule has 0 radical (unpaired) electrons. The average Bonchev–Trinajstić information content (AvgIpc) is 2.95. The zero-order valence-corrected chi connectivity index (χ0v) is 23.0. The number of sulfone groups is 1. The molecular weight excluding hydrogens is 534 g/mol. The van der Waals surface area contributed by atoms with Gasteiger partial charge >= 0.3 is 5.97 Å². The molecule has 39 heavy (non-hydrogen) atoms. The Labute approximate surface area is 233 Å². The summed E-state index contributed by atoms with van der Waals surface area (Å²) in [5.41, 5.74) is 3.86. The van der Waals surface area contributed by atoms with E-state index in [1.165, 1.54) is 6.07 Å². The van der Waals surface area contributed by atoms with Crippen molar-refractivity contribution in [2.45, 2.75) is 35.7 Å². The normalized spacial score (nSPS) is 12.3. The van der Waals surface area contributed by atoms with E-state index in [-0.39, 0.29) is 15.4 Å². The van der Waals surface area contributed by atoms with Crippen LogP contribution in [0.1, 0.15) is 40.1 Å². The summed E-state index contributed by atoms with van der Waals surface area (Å²) in [5.74, 6) is -1.04. The highest BCUT2D eigenvalue weighted by molar-refractivity contribution is 7.91. The molecule has 0 heterocycles. The van der Waals surface area contributed by atoms with Gasteiger partial charge in [-0.2, -0.15) is 0 Å². The number of carbonyl (C=O) groups is 1. The van der Waals surface area contributed by atoms with E-state index in [1.807, 2.05) is 19.1 Å². The molecule has 4 aromatic carbocycles. The largest absolute Gasteiger partial charge is 0.478 e. The molecular formula is C31H30ClNO5S. The standard InChI is InChI=1S/C31H30ClNO5S/c1-2-27-28(22-6-3-8-24(18-22)31(35)36)10-5-11-30(27)39(37,38)26-14-12-21(13-15-26)16-17-33-20-29(34)23-7-4-9-25(32)19-23/h3-15,18-19,29,33-34H,2,16-17,20H2,1H3,(H,35,36)/t29-/m0/s1. The number of aromatic carboxylic acids is 1. The van der Waals surface area contributed by atoms with Crippen molar-refractivity contribution in [1.82, 2.24) is 5.32 Å². The van der Waals surface area contributed by atoms with Crippen molar-refractivity contribution >= 4 is 27.4 Å². The van der Waals surface area contributed by atoms with Gasteiger partial charge in [0.25, 0.3) is 0 Å². The summed E-state index contributed by atoms with van der Waals surface area (Å²) in [4.78, 5) is 11.9. The lowest BCUT2D eigenvalue weighted by Gasteiger charge is -2.15. The minimum Gasteiger partial charge on any atom is -0.478 e. The number of rotatable bonds is 11. The summed E-state index contributed by atoms with van der Waals surface area (Å²) in [6.07, 6.45) is 0.455. The fraction of sp³-hybridized carbons (Fsp3) is 0.194. The van der Waals surface area contributed by atoms with Crippen LogP contribution in [0.5, 0.6) is 0 Å². The first-order valence-electron chi connectivity index (χ1n) is 12.6. The van der Waals surface area contributed by atoms with Gasteiger partial charge in [-0.3, -0.25) is 0 Å². The third-order valence-electron chi connectivity index (χ3n) is 6.59. The van der Waals surface area contributed by atoms with Gasteiger partial charge in [-0.15, -0.1) is 0 Å². The Kier molecular flexibility index (Phi) is 9.20.